The van der Waals surface area contributed by atoms with Crippen molar-refractivity contribution in [3.05, 3.63) is 0 Å². The summed E-state index contributed by atoms with van der Waals surface area (Å²) in [5, 5.41) is 2.56. The minimum atomic E-state index is -0.626. The predicted molar refractivity (Wildman–Crippen MR) is 31.0 cm³/mol. The van der Waals surface area contributed by atoms with Crippen LogP contribution < -0.4 is 0 Å². The van der Waals surface area contributed by atoms with Gasteiger partial charge in [0.15, 0.2) is 0 Å². The topological polar surface area (TPSA) is 38.7 Å². The summed E-state index contributed by atoms with van der Waals surface area (Å²) in [7, 11) is 0. The van der Waals surface area contributed by atoms with Gasteiger partial charge in [-0.3, -0.25) is 4.79 Å². The summed E-state index contributed by atoms with van der Waals surface area (Å²) in [6, 6.07) is 0. The van der Waals surface area contributed by atoms with Crippen molar-refractivity contribution in [3.63, 3.8) is 0 Å². The molecule has 4 heteroatoms. The van der Waals surface area contributed by atoms with E-state index in [-0.39, 0.29) is 0 Å². The molecule has 3 nitrogen and oxygen atoms in total. The first-order valence-electron chi connectivity index (χ1n) is 2.12. The lowest BCUT2D eigenvalue weighted by atomic mass is 10.8. The van der Waals surface area contributed by atoms with Gasteiger partial charge in [0.2, 0.25) is 0 Å². The van der Waals surface area contributed by atoms with Crippen LogP contribution in [0.3, 0.4) is 0 Å². The first-order chi connectivity index (χ1) is 3.77. The van der Waals surface area contributed by atoms with E-state index in [4.69, 9.17) is 11.6 Å². The second-order valence-electron chi connectivity index (χ2n) is 0.956. The molecule has 0 aromatic heterocycles. The Balaban J connectivity index is 3.20. The summed E-state index contributed by atoms with van der Waals surface area (Å²) in [6.45, 7) is 2.21. The largest absolute Gasteiger partial charge is 0.396 e. The van der Waals surface area contributed by atoms with Crippen LogP contribution in [0.25, 0.3) is 0 Å². The van der Waals surface area contributed by atoms with Crippen LogP contribution in [0.2, 0.25) is 0 Å². The maximum atomic E-state index is 9.85. The molecule has 0 unspecified atom stereocenters. The number of rotatable bonds is 3. The summed E-state index contributed by atoms with van der Waals surface area (Å²) in [4.78, 5) is 14.3. The zero-order chi connectivity index (χ0) is 6.41. The molecular formula is C4H6ClNO2. The zero-order valence-electron chi connectivity index (χ0n) is 4.43. The van der Waals surface area contributed by atoms with Crippen LogP contribution in [0.5, 0.6) is 0 Å². The van der Waals surface area contributed by atoms with Crippen LogP contribution in [-0.2, 0) is 9.63 Å². The van der Waals surface area contributed by atoms with Crippen molar-refractivity contribution in [2.45, 2.75) is 6.92 Å². The number of halogens is 1. The van der Waals surface area contributed by atoms with Gasteiger partial charge in [-0.15, -0.1) is 0 Å². The van der Waals surface area contributed by atoms with E-state index >= 15 is 0 Å². The smallest absolute Gasteiger partial charge is 0.266 e. The van der Waals surface area contributed by atoms with Crippen molar-refractivity contribution in [1.82, 2.24) is 0 Å². The Bertz CT molecular complexity index is 102. The summed E-state index contributed by atoms with van der Waals surface area (Å²) < 4.78 is 0. The van der Waals surface area contributed by atoms with E-state index in [2.05, 4.69) is 9.99 Å². The highest BCUT2D eigenvalue weighted by molar-refractivity contribution is 6.77. The molecule has 0 amide bonds. The molecule has 0 aromatic rings. The van der Waals surface area contributed by atoms with Crippen molar-refractivity contribution in [2.75, 3.05) is 6.61 Å². The van der Waals surface area contributed by atoms with Crippen LogP contribution in [-0.4, -0.2) is 18.1 Å². The Morgan fingerprint density at radius 2 is 2.62 bits per heavy atom. The fourth-order valence-electron chi connectivity index (χ4n) is 0.153. The third kappa shape index (κ3) is 5.43. The number of hydrogen-bond acceptors (Lipinski definition) is 3. The molecule has 0 saturated carbocycles. The lowest BCUT2D eigenvalue weighted by Gasteiger charge is -1.85. The van der Waals surface area contributed by atoms with Crippen LogP contribution in [0.15, 0.2) is 5.16 Å². The first kappa shape index (κ1) is 7.43. The van der Waals surface area contributed by atoms with Gasteiger partial charge >= 0.3 is 0 Å². The van der Waals surface area contributed by atoms with Crippen molar-refractivity contribution >= 4 is 23.1 Å². The lowest BCUT2D eigenvalue weighted by molar-refractivity contribution is -0.106. The maximum absolute atomic E-state index is 9.85. The van der Waals surface area contributed by atoms with Gasteiger partial charge in [-0.05, 0) is 18.5 Å². The highest BCUT2D eigenvalue weighted by Crippen LogP contribution is 1.75. The molecule has 46 valence electrons. The molecule has 0 saturated heterocycles. The standard InChI is InChI=1S/C4H6ClNO2/c1-2-8-6-3-4(5)7/h3H,2H2,1H3/b6-3-. The Labute approximate surface area is 52.3 Å². The average molecular weight is 136 g/mol. The van der Waals surface area contributed by atoms with Crippen molar-refractivity contribution in [3.8, 4) is 0 Å². The molecule has 0 N–H and O–H groups in total. The molecule has 0 rings (SSSR count). The Kier molecular flexibility index (Phi) is 4.26. The summed E-state index contributed by atoms with van der Waals surface area (Å²) >= 11 is 4.85. The number of carbonyl (C=O) groups is 1. The molecule has 0 atom stereocenters. The molecule has 0 aliphatic heterocycles. The quantitative estimate of drug-likeness (QED) is 0.326. The van der Waals surface area contributed by atoms with Gasteiger partial charge in [-0.2, -0.15) is 0 Å². The first-order valence-corrected chi connectivity index (χ1v) is 2.50. The van der Waals surface area contributed by atoms with Gasteiger partial charge in [-0.1, -0.05) is 5.16 Å². The second-order valence-corrected chi connectivity index (χ2v) is 1.33. The SMILES string of the molecule is CCO/N=C\C(=O)Cl. The minimum absolute atomic E-state index is 0.445. The highest BCUT2D eigenvalue weighted by atomic mass is 35.5. The van der Waals surface area contributed by atoms with Gasteiger partial charge in [-0.25, -0.2) is 0 Å². The molecule has 0 bridgehead atoms. The molecule has 0 aromatic carbocycles. The molecular weight excluding hydrogens is 130 g/mol. The molecule has 0 heterocycles. The fourth-order valence-corrected chi connectivity index (χ4v) is 0.193. The number of nitrogens with zero attached hydrogens (tertiary/aromatic N) is 1. The van der Waals surface area contributed by atoms with E-state index in [1.807, 2.05) is 0 Å². The average Bonchev–Trinajstić information content (AvgIpc) is 1.66. The van der Waals surface area contributed by atoms with Gasteiger partial charge in [0.1, 0.15) is 12.8 Å². The van der Waals surface area contributed by atoms with E-state index in [1.165, 1.54) is 0 Å². The van der Waals surface area contributed by atoms with E-state index in [9.17, 15) is 4.79 Å². The molecule has 8 heavy (non-hydrogen) atoms. The Morgan fingerprint density at radius 3 is 3.00 bits per heavy atom. The minimum Gasteiger partial charge on any atom is -0.396 e. The van der Waals surface area contributed by atoms with E-state index in [0.717, 1.165) is 6.21 Å². The lowest BCUT2D eigenvalue weighted by Crippen LogP contribution is -1.87. The molecule has 0 spiro atoms. The van der Waals surface area contributed by atoms with Crippen LogP contribution in [0, 0.1) is 0 Å². The van der Waals surface area contributed by atoms with Gasteiger partial charge < -0.3 is 4.84 Å². The van der Waals surface area contributed by atoms with Crippen molar-refractivity contribution in [2.24, 2.45) is 5.16 Å². The Hall–Kier alpha value is -0.570. The number of oxime groups is 1. The zero-order valence-corrected chi connectivity index (χ0v) is 5.18. The molecule has 0 radical (unpaired) electrons. The van der Waals surface area contributed by atoms with Gasteiger partial charge in [0.05, 0.1) is 0 Å². The third-order valence-corrected chi connectivity index (χ3v) is 0.455. The molecule has 0 aliphatic carbocycles. The third-order valence-electron chi connectivity index (χ3n) is 0.358. The second kappa shape index (κ2) is 4.59. The van der Waals surface area contributed by atoms with Gasteiger partial charge in [0, 0.05) is 0 Å². The maximum Gasteiger partial charge on any atom is 0.266 e. The number of hydrogen-bond donors (Lipinski definition) is 0. The van der Waals surface area contributed by atoms with Crippen molar-refractivity contribution in [1.29, 1.82) is 0 Å². The van der Waals surface area contributed by atoms with Crippen molar-refractivity contribution < 1.29 is 9.63 Å². The van der Waals surface area contributed by atoms with E-state index in [0.29, 0.717) is 6.61 Å². The van der Waals surface area contributed by atoms with E-state index in [1.54, 1.807) is 6.92 Å². The summed E-state index contributed by atoms with van der Waals surface area (Å²) in [6.07, 6.45) is 0.908. The molecule has 0 fully saturated rings. The van der Waals surface area contributed by atoms with E-state index < -0.39 is 5.24 Å². The molecule has 0 aliphatic rings. The summed E-state index contributed by atoms with van der Waals surface area (Å²) in [5.41, 5.74) is 0. The monoisotopic (exact) mass is 135 g/mol. The normalized spacial score (nSPS) is 9.75. The summed E-state index contributed by atoms with van der Waals surface area (Å²) in [5.74, 6) is 0. The van der Waals surface area contributed by atoms with Gasteiger partial charge in [0.25, 0.3) is 5.24 Å². The van der Waals surface area contributed by atoms with Crippen LogP contribution >= 0.6 is 11.6 Å². The number of carbonyl (C=O) groups excluding carboxylic acids is 1. The van der Waals surface area contributed by atoms with Crippen LogP contribution in [0.4, 0.5) is 0 Å². The fraction of sp³-hybridized carbons (Fsp3) is 0.500. The Morgan fingerprint density at radius 1 is 2.00 bits per heavy atom. The predicted octanol–water partition coefficient (Wildman–Crippen LogP) is 0.774. The highest BCUT2D eigenvalue weighted by Gasteiger charge is 1.83. The van der Waals surface area contributed by atoms with Crippen LogP contribution in [0.1, 0.15) is 6.92 Å².